The summed E-state index contributed by atoms with van der Waals surface area (Å²) in [5.41, 5.74) is 0.987. The molecule has 108 valence electrons. The second-order valence-electron chi connectivity index (χ2n) is 3.93. The van der Waals surface area contributed by atoms with Gasteiger partial charge in [-0.05, 0) is 26.0 Å². The fourth-order valence-electron chi connectivity index (χ4n) is 1.52. The van der Waals surface area contributed by atoms with Crippen LogP contribution >= 0.6 is 23.2 Å². The van der Waals surface area contributed by atoms with Crippen LogP contribution in [0.3, 0.4) is 0 Å². The minimum Gasteiger partial charge on any atom is -0.358 e. The minimum atomic E-state index is -0.687. The van der Waals surface area contributed by atoms with E-state index in [1.165, 1.54) is 11.1 Å². The first-order valence-corrected chi connectivity index (χ1v) is 6.85. The van der Waals surface area contributed by atoms with Crippen LogP contribution in [0.4, 0.5) is 5.69 Å². The van der Waals surface area contributed by atoms with Crippen LogP contribution in [0.25, 0.3) is 0 Å². The van der Waals surface area contributed by atoms with Crippen molar-refractivity contribution in [2.24, 2.45) is 0 Å². The number of aromatic nitrogens is 1. The first-order valence-electron chi connectivity index (χ1n) is 6.04. The molecule has 0 bridgehead atoms. The smallest absolute Gasteiger partial charge is 0.244 e. The zero-order valence-electron chi connectivity index (χ0n) is 11.2. The van der Waals surface area contributed by atoms with E-state index >= 15 is 0 Å². The Balaban J connectivity index is 2.98. The lowest BCUT2D eigenvalue weighted by atomic mass is 10.3. The number of rotatable bonds is 6. The summed E-state index contributed by atoms with van der Waals surface area (Å²) in [6.07, 6.45) is 4.76. The Morgan fingerprint density at radius 1 is 1.65 bits per heavy atom. The first kappa shape index (κ1) is 16.5. The third-order valence-corrected chi connectivity index (χ3v) is 2.86. The molecular weight excluding hydrogens is 299 g/mol. The number of amides is 1. The van der Waals surface area contributed by atoms with Crippen molar-refractivity contribution in [2.75, 3.05) is 11.9 Å². The molecule has 0 aliphatic carbocycles. The third kappa shape index (κ3) is 4.51. The van der Waals surface area contributed by atoms with Crippen molar-refractivity contribution in [1.29, 1.82) is 5.41 Å². The van der Waals surface area contributed by atoms with Crippen molar-refractivity contribution in [3.63, 3.8) is 0 Å². The molecule has 1 unspecified atom stereocenters. The molecule has 1 aromatic heterocycles. The molecule has 0 spiro atoms. The van der Waals surface area contributed by atoms with Crippen molar-refractivity contribution >= 4 is 40.0 Å². The summed E-state index contributed by atoms with van der Waals surface area (Å²) in [5, 5.41) is 9.61. The van der Waals surface area contributed by atoms with E-state index in [4.69, 9.17) is 28.6 Å². The zero-order valence-corrected chi connectivity index (χ0v) is 12.7. The van der Waals surface area contributed by atoms with Gasteiger partial charge in [0.25, 0.3) is 0 Å². The Kier molecular flexibility index (Phi) is 6.48. The quantitative estimate of drug-likeness (QED) is 0.626. The summed E-state index contributed by atoms with van der Waals surface area (Å²) in [7, 11) is 0. The maximum Gasteiger partial charge on any atom is 0.244 e. The first-order chi connectivity index (χ1) is 9.47. The van der Waals surface area contributed by atoms with Gasteiger partial charge in [0.05, 0.1) is 17.6 Å². The zero-order chi connectivity index (χ0) is 15.1. The Bertz CT molecular complexity index is 502. The Morgan fingerprint density at radius 2 is 2.35 bits per heavy atom. The summed E-state index contributed by atoms with van der Waals surface area (Å²) in [6.45, 7) is 3.73. The maximum atomic E-state index is 12.0. The Morgan fingerprint density at radius 3 is 2.80 bits per heavy atom. The average Bonchev–Trinajstić information content (AvgIpc) is 2.43. The van der Waals surface area contributed by atoms with Crippen LogP contribution in [0.15, 0.2) is 36.4 Å². The number of carbonyl (C=O) groups excluding carboxylic acids is 1. The van der Waals surface area contributed by atoms with Crippen molar-refractivity contribution in [3.8, 4) is 0 Å². The van der Waals surface area contributed by atoms with E-state index in [0.29, 0.717) is 6.54 Å². The van der Waals surface area contributed by atoms with E-state index in [1.807, 2.05) is 0 Å². The largest absolute Gasteiger partial charge is 0.358 e. The highest BCUT2D eigenvalue weighted by Gasteiger charge is 2.22. The van der Waals surface area contributed by atoms with Gasteiger partial charge in [0, 0.05) is 18.9 Å². The van der Waals surface area contributed by atoms with E-state index in [2.05, 4.69) is 10.3 Å². The highest BCUT2D eigenvalue weighted by atomic mass is 35.5. The molecular formula is C13H16Cl2N4O. The van der Waals surface area contributed by atoms with Crippen LogP contribution in [0.5, 0.6) is 0 Å². The van der Waals surface area contributed by atoms with Crippen LogP contribution in [-0.2, 0) is 4.79 Å². The van der Waals surface area contributed by atoms with E-state index in [-0.39, 0.29) is 16.8 Å². The second kappa shape index (κ2) is 7.87. The monoisotopic (exact) mass is 314 g/mol. The predicted molar refractivity (Wildman–Crippen MR) is 82.2 cm³/mol. The standard InChI is InChI=1S/C13H16Cl2N4O/c1-3-19(13(20)9(2)14)11(12(15)16)8-18-10-5-4-6-17-7-10/h4-9,16,18H,3H2,1-2H3/b11-8+,16-12?. The molecule has 0 aromatic carbocycles. The van der Waals surface area contributed by atoms with Crippen molar-refractivity contribution < 1.29 is 4.79 Å². The molecule has 20 heavy (non-hydrogen) atoms. The Hall–Kier alpha value is -1.59. The lowest BCUT2D eigenvalue weighted by Gasteiger charge is -2.24. The molecule has 0 aliphatic heterocycles. The fourth-order valence-corrected chi connectivity index (χ4v) is 1.79. The fraction of sp³-hybridized carbons (Fsp3) is 0.308. The molecule has 1 aromatic rings. The lowest BCUT2D eigenvalue weighted by molar-refractivity contribution is -0.128. The minimum absolute atomic E-state index is 0.242. The van der Waals surface area contributed by atoms with Gasteiger partial charge in [-0.1, -0.05) is 11.6 Å². The topological polar surface area (TPSA) is 69.1 Å². The van der Waals surface area contributed by atoms with Crippen LogP contribution in [0.1, 0.15) is 13.8 Å². The van der Waals surface area contributed by atoms with Gasteiger partial charge in [-0.2, -0.15) is 0 Å². The second-order valence-corrected chi connectivity index (χ2v) is 4.96. The maximum absolute atomic E-state index is 12.0. The molecule has 0 fully saturated rings. The number of hydrogen-bond donors (Lipinski definition) is 2. The molecule has 2 N–H and O–H groups in total. The van der Waals surface area contributed by atoms with Gasteiger partial charge >= 0.3 is 0 Å². The number of pyridine rings is 1. The van der Waals surface area contributed by atoms with E-state index in [9.17, 15) is 4.79 Å². The van der Waals surface area contributed by atoms with E-state index in [1.54, 1.807) is 38.4 Å². The Labute approximate surface area is 128 Å². The number of halogens is 2. The number of anilines is 1. The number of alkyl halides is 1. The van der Waals surface area contributed by atoms with Gasteiger partial charge in [0.1, 0.15) is 10.5 Å². The summed E-state index contributed by atoms with van der Waals surface area (Å²) in [6, 6.07) is 3.58. The van der Waals surface area contributed by atoms with Gasteiger partial charge in [0.15, 0.2) is 0 Å². The normalized spacial score (nSPS) is 12.7. The van der Waals surface area contributed by atoms with Crippen molar-refractivity contribution in [1.82, 2.24) is 9.88 Å². The molecule has 0 aliphatic rings. The highest BCUT2D eigenvalue weighted by Crippen LogP contribution is 2.14. The van der Waals surface area contributed by atoms with Gasteiger partial charge in [-0.15, -0.1) is 11.6 Å². The SMILES string of the molecule is CCN(C(=O)C(C)Cl)/C(=C/Nc1cccnc1)C(=N)Cl. The molecule has 7 heteroatoms. The summed E-state index contributed by atoms with van der Waals surface area (Å²) in [4.78, 5) is 17.3. The molecule has 1 amide bonds. The van der Waals surface area contributed by atoms with E-state index < -0.39 is 5.38 Å². The van der Waals surface area contributed by atoms with Crippen molar-refractivity contribution in [3.05, 3.63) is 36.4 Å². The third-order valence-electron chi connectivity index (χ3n) is 2.48. The average molecular weight is 315 g/mol. The van der Waals surface area contributed by atoms with Crippen LogP contribution in [-0.4, -0.2) is 32.9 Å². The molecule has 0 saturated carbocycles. The van der Waals surface area contributed by atoms with Crippen LogP contribution in [0.2, 0.25) is 0 Å². The number of hydrogen-bond acceptors (Lipinski definition) is 4. The molecule has 1 atom stereocenters. The molecule has 0 radical (unpaired) electrons. The summed E-state index contributed by atoms with van der Waals surface area (Å²) >= 11 is 11.6. The molecule has 0 saturated heterocycles. The summed E-state index contributed by atoms with van der Waals surface area (Å²) < 4.78 is 0. The van der Waals surface area contributed by atoms with Crippen LogP contribution < -0.4 is 5.32 Å². The van der Waals surface area contributed by atoms with Gasteiger partial charge in [-0.25, -0.2) is 0 Å². The van der Waals surface area contributed by atoms with Crippen molar-refractivity contribution in [2.45, 2.75) is 19.2 Å². The molecule has 1 heterocycles. The predicted octanol–water partition coefficient (Wildman–Crippen LogP) is 3.03. The molecule has 1 rings (SSSR count). The van der Waals surface area contributed by atoms with Gasteiger partial charge in [-0.3, -0.25) is 15.2 Å². The number of carbonyl (C=O) groups is 1. The van der Waals surface area contributed by atoms with Gasteiger partial charge < -0.3 is 10.2 Å². The molecule has 5 nitrogen and oxygen atoms in total. The summed E-state index contributed by atoms with van der Waals surface area (Å²) in [5.74, 6) is -0.307. The lowest BCUT2D eigenvalue weighted by Crippen LogP contribution is -2.37. The highest BCUT2D eigenvalue weighted by molar-refractivity contribution is 6.68. The number of nitrogens with one attached hydrogen (secondary N) is 2. The number of nitrogens with zero attached hydrogens (tertiary/aromatic N) is 2. The van der Waals surface area contributed by atoms with Crippen LogP contribution in [0, 0.1) is 5.41 Å². The van der Waals surface area contributed by atoms with Gasteiger partial charge in [0.2, 0.25) is 5.91 Å². The number of allylic oxidation sites excluding steroid dienone is 1. The van der Waals surface area contributed by atoms with E-state index in [0.717, 1.165) is 5.69 Å².